The lowest BCUT2D eigenvalue weighted by Gasteiger charge is -2.29. The molecule has 0 aromatic heterocycles. The van der Waals surface area contributed by atoms with E-state index >= 15 is 0 Å². The summed E-state index contributed by atoms with van der Waals surface area (Å²) in [6.07, 6.45) is 2.41. The highest BCUT2D eigenvalue weighted by Gasteiger charge is 2.23. The predicted molar refractivity (Wildman–Crippen MR) is 86.6 cm³/mol. The van der Waals surface area contributed by atoms with Gasteiger partial charge in [0.05, 0.1) is 65.7 Å². The van der Waals surface area contributed by atoms with Crippen LogP contribution in [0.3, 0.4) is 0 Å². The van der Waals surface area contributed by atoms with Gasteiger partial charge in [0.25, 0.3) is 0 Å². The summed E-state index contributed by atoms with van der Waals surface area (Å²) in [5.41, 5.74) is 7.13. The van der Waals surface area contributed by atoms with Crippen LogP contribution in [0.25, 0.3) is 0 Å². The Balaban J connectivity index is 0.00000264. The van der Waals surface area contributed by atoms with Crippen molar-refractivity contribution in [1.82, 2.24) is 20.9 Å². The van der Waals surface area contributed by atoms with E-state index in [0.29, 0.717) is 0 Å². The maximum Gasteiger partial charge on any atom is 0.380 e. The fourth-order valence-electron chi connectivity index (χ4n) is 2.59. The van der Waals surface area contributed by atoms with Crippen molar-refractivity contribution in [2.45, 2.75) is 26.7 Å². The summed E-state index contributed by atoms with van der Waals surface area (Å²) in [4.78, 5) is 0. The van der Waals surface area contributed by atoms with E-state index in [1.54, 1.807) is 0 Å². The molecular weight excluding hydrogens is 318 g/mol. The standard InChI is InChI=1S/C15H31N5O2.ClH/c1-3-5-6-18(4-2)15(16-19-7-11-21-12-8-19)17-20-9-13-22-14-10-20;/h3-14H2,1-2H3,(H,16,17);1H. The van der Waals surface area contributed by atoms with Gasteiger partial charge in [-0.2, -0.15) is 10.0 Å². The molecule has 2 saturated heterocycles. The van der Waals surface area contributed by atoms with Crippen molar-refractivity contribution in [3.05, 3.63) is 0 Å². The van der Waals surface area contributed by atoms with Crippen molar-refractivity contribution in [1.29, 1.82) is 0 Å². The van der Waals surface area contributed by atoms with Crippen LogP contribution in [-0.4, -0.2) is 86.2 Å². The molecule has 2 aliphatic heterocycles. The van der Waals surface area contributed by atoms with Crippen LogP contribution in [0.5, 0.6) is 0 Å². The van der Waals surface area contributed by atoms with Gasteiger partial charge in [-0.3, -0.25) is 4.58 Å². The van der Waals surface area contributed by atoms with Crippen LogP contribution >= 0.6 is 0 Å². The summed E-state index contributed by atoms with van der Waals surface area (Å²) in [6.45, 7) is 13.3. The average molecular weight is 350 g/mol. The summed E-state index contributed by atoms with van der Waals surface area (Å²) in [5, 5.41) is 4.47. The molecule has 23 heavy (non-hydrogen) atoms. The van der Waals surface area contributed by atoms with Crippen molar-refractivity contribution in [3.8, 4) is 0 Å². The van der Waals surface area contributed by atoms with Crippen LogP contribution < -0.4 is 23.3 Å². The third-order valence-corrected chi connectivity index (χ3v) is 4.03. The summed E-state index contributed by atoms with van der Waals surface area (Å²) in [5.74, 6) is 1.08. The number of morpholine rings is 2. The molecule has 2 fully saturated rings. The molecule has 2 rings (SSSR count). The highest BCUT2D eigenvalue weighted by Crippen LogP contribution is 1.96. The number of hydrogen-bond donors (Lipinski definition) is 2. The first-order valence-electron chi connectivity index (χ1n) is 8.64. The number of rotatable bonds is 6. The van der Waals surface area contributed by atoms with Gasteiger partial charge in [0.15, 0.2) is 0 Å². The van der Waals surface area contributed by atoms with Crippen molar-refractivity contribution >= 4 is 5.96 Å². The summed E-state index contributed by atoms with van der Waals surface area (Å²) in [7, 11) is 0. The van der Waals surface area contributed by atoms with E-state index in [0.717, 1.165) is 71.7 Å². The molecule has 0 spiro atoms. The molecule has 2 heterocycles. The third-order valence-electron chi connectivity index (χ3n) is 4.03. The number of unbranched alkanes of at least 4 members (excludes halogenated alkanes) is 1. The topological polar surface area (TPSA) is 52.0 Å². The van der Waals surface area contributed by atoms with Gasteiger partial charge in [0, 0.05) is 0 Å². The number of nitrogens with one attached hydrogen (secondary N) is 2. The van der Waals surface area contributed by atoms with Crippen molar-refractivity contribution in [2.75, 3.05) is 65.7 Å². The number of hydrazine groups is 2. The van der Waals surface area contributed by atoms with E-state index < -0.39 is 0 Å². The SMILES string of the molecule is CCCC[N+](CC)=C(NN1CCOCC1)NN1CCOCC1.[Cl-]. The van der Waals surface area contributed by atoms with Crippen LogP contribution in [-0.2, 0) is 9.47 Å². The number of halogens is 1. The van der Waals surface area contributed by atoms with Gasteiger partial charge in [-0.1, -0.05) is 13.3 Å². The summed E-state index contributed by atoms with van der Waals surface area (Å²) in [6, 6.07) is 0. The van der Waals surface area contributed by atoms with Gasteiger partial charge in [0.1, 0.15) is 0 Å². The maximum absolute atomic E-state index is 5.43. The van der Waals surface area contributed by atoms with E-state index in [1.807, 2.05) is 0 Å². The van der Waals surface area contributed by atoms with Gasteiger partial charge in [-0.15, -0.1) is 0 Å². The van der Waals surface area contributed by atoms with Gasteiger partial charge < -0.3 is 21.9 Å². The molecule has 0 amide bonds. The minimum Gasteiger partial charge on any atom is -1.00 e. The van der Waals surface area contributed by atoms with Crippen molar-refractivity contribution in [2.24, 2.45) is 0 Å². The van der Waals surface area contributed by atoms with Crippen molar-refractivity contribution < 1.29 is 26.5 Å². The Morgan fingerprint density at radius 3 is 1.78 bits per heavy atom. The molecule has 136 valence electrons. The average Bonchev–Trinajstić information content (AvgIpc) is 2.57. The first-order valence-corrected chi connectivity index (χ1v) is 8.64. The largest absolute Gasteiger partial charge is 1.00 e. The second kappa shape index (κ2) is 11.9. The minimum absolute atomic E-state index is 0. The molecule has 0 saturated carbocycles. The van der Waals surface area contributed by atoms with Gasteiger partial charge in [-0.05, 0) is 13.3 Å². The molecule has 0 radical (unpaired) electrons. The highest BCUT2D eigenvalue weighted by molar-refractivity contribution is 5.73. The molecule has 0 atom stereocenters. The van der Waals surface area contributed by atoms with E-state index in [1.165, 1.54) is 12.8 Å². The Hall–Kier alpha value is -0.600. The Labute approximate surface area is 146 Å². The first-order chi connectivity index (χ1) is 10.8. The molecule has 2 N–H and O–H groups in total. The summed E-state index contributed by atoms with van der Waals surface area (Å²) < 4.78 is 13.2. The van der Waals surface area contributed by atoms with Crippen LogP contribution in [0.15, 0.2) is 0 Å². The predicted octanol–water partition coefficient (Wildman–Crippen LogP) is -3.15. The lowest BCUT2D eigenvalue weighted by molar-refractivity contribution is -0.530. The minimum atomic E-state index is 0. The van der Waals surface area contributed by atoms with E-state index in [4.69, 9.17) is 9.47 Å². The zero-order valence-electron chi connectivity index (χ0n) is 14.5. The third kappa shape index (κ3) is 7.22. The van der Waals surface area contributed by atoms with Crippen LogP contribution in [0.2, 0.25) is 0 Å². The van der Waals surface area contributed by atoms with E-state index in [2.05, 4.69) is 39.3 Å². The lowest BCUT2D eigenvalue weighted by atomic mass is 10.3. The molecule has 7 nitrogen and oxygen atoms in total. The number of guanidine groups is 1. The Kier molecular flexibility index (Phi) is 10.5. The van der Waals surface area contributed by atoms with Gasteiger partial charge >= 0.3 is 5.96 Å². The smallest absolute Gasteiger partial charge is 0.380 e. The second-order valence-corrected chi connectivity index (χ2v) is 5.70. The van der Waals surface area contributed by atoms with Crippen LogP contribution in [0.4, 0.5) is 0 Å². The fourth-order valence-corrected chi connectivity index (χ4v) is 2.59. The first kappa shape index (κ1) is 20.4. The van der Waals surface area contributed by atoms with Gasteiger partial charge in [0.2, 0.25) is 0 Å². The molecule has 0 aromatic carbocycles. The van der Waals surface area contributed by atoms with Crippen LogP contribution in [0.1, 0.15) is 26.7 Å². The fraction of sp³-hybridized carbons (Fsp3) is 0.933. The van der Waals surface area contributed by atoms with Gasteiger partial charge in [-0.25, -0.2) is 10.9 Å². The molecule has 0 aromatic rings. The molecular formula is C15H32ClN5O2. The number of ether oxygens (including phenoxy) is 2. The number of hydrogen-bond acceptors (Lipinski definition) is 4. The van der Waals surface area contributed by atoms with E-state index in [9.17, 15) is 0 Å². The highest BCUT2D eigenvalue weighted by atomic mass is 35.5. The summed E-state index contributed by atoms with van der Waals surface area (Å²) >= 11 is 0. The molecule has 8 heteroatoms. The quantitative estimate of drug-likeness (QED) is 0.300. The maximum atomic E-state index is 5.43. The Morgan fingerprint density at radius 2 is 1.39 bits per heavy atom. The Morgan fingerprint density at radius 1 is 0.913 bits per heavy atom. The molecule has 2 aliphatic rings. The lowest BCUT2D eigenvalue weighted by Crippen LogP contribution is -3.00. The van der Waals surface area contributed by atoms with E-state index in [-0.39, 0.29) is 12.4 Å². The van der Waals surface area contributed by atoms with Crippen molar-refractivity contribution in [3.63, 3.8) is 0 Å². The monoisotopic (exact) mass is 349 g/mol. The van der Waals surface area contributed by atoms with Crippen LogP contribution in [0, 0.1) is 0 Å². The zero-order valence-corrected chi connectivity index (χ0v) is 15.3. The normalized spacial score (nSPS) is 19.7. The zero-order chi connectivity index (χ0) is 15.6. The molecule has 0 bridgehead atoms. The molecule has 0 unspecified atom stereocenters. The number of nitrogens with zero attached hydrogens (tertiary/aromatic N) is 3. The Bertz CT molecular complexity index is 323. The molecule has 0 aliphatic carbocycles. The second-order valence-electron chi connectivity index (χ2n) is 5.70.